The molecule has 32 heavy (non-hydrogen) atoms. The second-order valence-electron chi connectivity index (χ2n) is 7.68. The number of halogens is 1. The van der Waals surface area contributed by atoms with E-state index < -0.39 is 18.1 Å². The van der Waals surface area contributed by atoms with E-state index in [1.165, 1.54) is 0 Å². The van der Waals surface area contributed by atoms with E-state index in [0.717, 1.165) is 32.2 Å². The van der Waals surface area contributed by atoms with E-state index in [4.69, 9.17) is 4.74 Å². The molecule has 7 heteroatoms. The first-order chi connectivity index (χ1) is 15.5. The number of benzene rings is 3. The van der Waals surface area contributed by atoms with Crippen molar-refractivity contribution in [3.8, 4) is 11.1 Å². The molecule has 1 aliphatic rings. The summed E-state index contributed by atoms with van der Waals surface area (Å²) in [5.74, 6) is -1.26. The molecular weight excluding hydrogens is 472 g/mol. The highest BCUT2D eigenvalue weighted by Gasteiger charge is 2.30. The molecule has 1 unspecified atom stereocenters. The van der Waals surface area contributed by atoms with Crippen molar-refractivity contribution < 1.29 is 19.4 Å². The van der Waals surface area contributed by atoms with Crippen LogP contribution < -0.4 is 5.32 Å². The van der Waals surface area contributed by atoms with Gasteiger partial charge in [-0.1, -0.05) is 64.5 Å². The average Bonchev–Trinajstić information content (AvgIpc) is 3.34. The quantitative estimate of drug-likeness (QED) is 0.339. The van der Waals surface area contributed by atoms with Crippen LogP contribution in [-0.4, -0.2) is 28.8 Å². The van der Waals surface area contributed by atoms with Gasteiger partial charge in [-0.3, -0.25) is 0 Å². The first kappa shape index (κ1) is 20.3. The van der Waals surface area contributed by atoms with Gasteiger partial charge in [0, 0.05) is 33.1 Å². The molecule has 1 atom stereocenters. The Balaban J connectivity index is 1.35. The van der Waals surface area contributed by atoms with Crippen LogP contribution in [0.25, 0.3) is 22.0 Å². The Bertz CT molecular complexity index is 1300. The van der Waals surface area contributed by atoms with Crippen molar-refractivity contribution in [1.29, 1.82) is 0 Å². The normalized spacial score (nSPS) is 13.4. The minimum absolute atomic E-state index is 0.0968. The van der Waals surface area contributed by atoms with Crippen molar-refractivity contribution in [1.82, 2.24) is 10.3 Å². The standard InChI is InChI=1S/C25H19BrN2O4/c26-14-9-10-22-19(11-14)20(12-27-22)23(24(29)30)28-25(31)32-13-21-17-7-3-1-5-15(17)16-6-2-4-8-18(16)21/h1-12,21,23,27H,13H2,(H,28,31)(H,29,30). The van der Waals surface area contributed by atoms with E-state index >= 15 is 0 Å². The number of fused-ring (bicyclic) bond motifs is 4. The van der Waals surface area contributed by atoms with E-state index in [1.54, 1.807) is 6.20 Å². The van der Waals surface area contributed by atoms with Crippen LogP contribution in [0.5, 0.6) is 0 Å². The summed E-state index contributed by atoms with van der Waals surface area (Å²) >= 11 is 3.40. The fraction of sp³-hybridized carbons (Fsp3) is 0.120. The van der Waals surface area contributed by atoms with Gasteiger partial charge in [0.1, 0.15) is 6.61 Å². The lowest BCUT2D eigenvalue weighted by Crippen LogP contribution is -2.34. The molecule has 0 bridgehead atoms. The molecule has 0 aliphatic heterocycles. The highest BCUT2D eigenvalue weighted by molar-refractivity contribution is 9.10. The second-order valence-corrected chi connectivity index (χ2v) is 8.59. The first-order valence-corrected chi connectivity index (χ1v) is 10.9. The Morgan fingerprint density at radius 1 is 1.03 bits per heavy atom. The van der Waals surface area contributed by atoms with Gasteiger partial charge in [-0.2, -0.15) is 0 Å². The number of ether oxygens (including phenoxy) is 1. The number of amides is 1. The smallest absolute Gasteiger partial charge is 0.408 e. The molecule has 0 spiro atoms. The van der Waals surface area contributed by atoms with Crippen molar-refractivity contribution in [3.63, 3.8) is 0 Å². The van der Waals surface area contributed by atoms with E-state index in [2.05, 4.69) is 38.4 Å². The zero-order chi connectivity index (χ0) is 22.2. The molecule has 0 radical (unpaired) electrons. The number of aromatic nitrogens is 1. The lowest BCUT2D eigenvalue weighted by atomic mass is 9.98. The highest BCUT2D eigenvalue weighted by Crippen LogP contribution is 2.44. The summed E-state index contributed by atoms with van der Waals surface area (Å²) < 4.78 is 6.34. The summed E-state index contributed by atoms with van der Waals surface area (Å²) in [5.41, 5.74) is 5.69. The zero-order valence-corrected chi connectivity index (χ0v) is 18.4. The third kappa shape index (κ3) is 3.54. The summed E-state index contributed by atoms with van der Waals surface area (Å²) in [6, 6.07) is 20.4. The number of alkyl carbamates (subject to hydrolysis) is 1. The average molecular weight is 491 g/mol. The number of nitrogens with one attached hydrogen (secondary N) is 2. The van der Waals surface area contributed by atoms with Gasteiger partial charge in [0.15, 0.2) is 6.04 Å². The van der Waals surface area contributed by atoms with Gasteiger partial charge in [0.25, 0.3) is 0 Å². The number of carbonyl (C=O) groups is 2. The number of hydrogen-bond acceptors (Lipinski definition) is 3. The van der Waals surface area contributed by atoms with Gasteiger partial charge < -0.3 is 20.1 Å². The van der Waals surface area contributed by atoms with Gasteiger partial charge in [-0.25, -0.2) is 9.59 Å². The van der Waals surface area contributed by atoms with E-state index in [9.17, 15) is 14.7 Å². The van der Waals surface area contributed by atoms with Crippen LogP contribution >= 0.6 is 15.9 Å². The molecule has 160 valence electrons. The SMILES string of the molecule is O=C(NC(C(=O)O)c1c[nH]c2ccc(Br)cc12)OCC1c2ccccc2-c2ccccc21. The number of carboxylic acid groups (broad SMARTS) is 1. The summed E-state index contributed by atoms with van der Waals surface area (Å²) in [6.45, 7) is 0.117. The zero-order valence-electron chi connectivity index (χ0n) is 16.8. The molecule has 4 aromatic rings. The van der Waals surface area contributed by atoms with Crippen molar-refractivity contribution in [2.75, 3.05) is 6.61 Å². The van der Waals surface area contributed by atoms with Crippen molar-refractivity contribution >= 4 is 38.9 Å². The Morgan fingerprint density at radius 3 is 2.34 bits per heavy atom. The van der Waals surface area contributed by atoms with Gasteiger partial charge >= 0.3 is 12.1 Å². The van der Waals surface area contributed by atoms with Gasteiger partial charge in [-0.15, -0.1) is 0 Å². The predicted molar refractivity (Wildman–Crippen MR) is 125 cm³/mol. The molecule has 5 rings (SSSR count). The maximum atomic E-state index is 12.6. The Morgan fingerprint density at radius 2 is 1.69 bits per heavy atom. The summed E-state index contributed by atoms with van der Waals surface area (Å²) in [7, 11) is 0. The van der Waals surface area contributed by atoms with Crippen molar-refractivity contribution in [2.45, 2.75) is 12.0 Å². The van der Waals surface area contributed by atoms with Crippen LogP contribution in [0.1, 0.15) is 28.7 Å². The lowest BCUT2D eigenvalue weighted by molar-refractivity contribution is -0.139. The van der Waals surface area contributed by atoms with E-state index in [0.29, 0.717) is 10.9 Å². The Hall–Kier alpha value is -3.58. The number of aliphatic carboxylic acids is 1. The Kier molecular flexibility index (Phi) is 5.19. The fourth-order valence-corrected chi connectivity index (χ4v) is 4.74. The molecule has 0 fully saturated rings. The molecule has 1 amide bonds. The minimum Gasteiger partial charge on any atom is -0.479 e. The van der Waals surface area contributed by atoms with Gasteiger partial charge in [0.2, 0.25) is 0 Å². The summed E-state index contributed by atoms with van der Waals surface area (Å²) in [5, 5.41) is 13.0. The van der Waals surface area contributed by atoms with E-state index in [-0.39, 0.29) is 12.5 Å². The molecule has 6 nitrogen and oxygen atoms in total. The number of hydrogen-bond donors (Lipinski definition) is 3. The number of rotatable bonds is 5. The molecule has 1 aromatic heterocycles. The van der Waals surface area contributed by atoms with Gasteiger partial charge in [-0.05, 0) is 40.5 Å². The molecular formula is C25H19BrN2O4. The number of H-pyrrole nitrogens is 1. The highest BCUT2D eigenvalue weighted by atomic mass is 79.9. The largest absolute Gasteiger partial charge is 0.479 e. The molecule has 0 saturated carbocycles. The molecule has 0 saturated heterocycles. The predicted octanol–water partition coefficient (Wildman–Crippen LogP) is 5.59. The molecule has 1 heterocycles. The third-order valence-corrected chi connectivity index (χ3v) is 6.33. The third-order valence-electron chi connectivity index (χ3n) is 5.84. The van der Waals surface area contributed by atoms with Crippen LogP contribution in [0.15, 0.2) is 77.4 Å². The monoisotopic (exact) mass is 490 g/mol. The summed E-state index contributed by atoms with van der Waals surface area (Å²) in [6.07, 6.45) is 0.822. The molecule has 1 aliphatic carbocycles. The number of carboxylic acids is 1. The molecule has 3 N–H and O–H groups in total. The minimum atomic E-state index is -1.24. The lowest BCUT2D eigenvalue weighted by Gasteiger charge is -2.17. The van der Waals surface area contributed by atoms with Crippen LogP contribution in [0, 0.1) is 0 Å². The maximum Gasteiger partial charge on any atom is 0.408 e. The fourth-order valence-electron chi connectivity index (χ4n) is 4.38. The van der Waals surface area contributed by atoms with Crippen LogP contribution in [-0.2, 0) is 9.53 Å². The number of aromatic amines is 1. The van der Waals surface area contributed by atoms with Gasteiger partial charge in [0.05, 0.1) is 0 Å². The van der Waals surface area contributed by atoms with E-state index in [1.807, 2.05) is 54.6 Å². The Labute approximate surface area is 192 Å². The van der Waals surface area contributed by atoms with Crippen molar-refractivity contribution in [3.05, 3.63) is 94.1 Å². The molecule has 3 aromatic carbocycles. The topological polar surface area (TPSA) is 91.4 Å². The number of carbonyl (C=O) groups excluding carboxylic acids is 1. The van der Waals surface area contributed by atoms with Crippen LogP contribution in [0.3, 0.4) is 0 Å². The summed E-state index contributed by atoms with van der Waals surface area (Å²) in [4.78, 5) is 27.6. The van der Waals surface area contributed by atoms with Crippen LogP contribution in [0.4, 0.5) is 4.79 Å². The maximum absolute atomic E-state index is 12.6. The van der Waals surface area contributed by atoms with Crippen LogP contribution in [0.2, 0.25) is 0 Å². The second kappa shape index (κ2) is 8.16. The van der Waals surface area contributed by atoms with Crippen molar-refractivity contribution in [2.24, 2.45) is 0 Å². The first-order valence-electron chi connectivity index (χ1n) is 10.1.